The van der Waals surface area contributed by atoms with E-state index in [0.29, 0.717) is 4.58 Å². The van der Waals surface area contributed by atoms with Gasteiger partial charge in [0.1, 0.15) is 0 Å². The van der Waals surface area contributed by atoms with Gasteiger partial charge in [0.25, 0.3) is 0 Å². The summed E-state index contributed by atoms with van der Waals surface area (Å²) in [6.45, 7) is 6.18. The predicted octanol–water partition coefficient (Wildman–Crippen LogP) is 2.49. The summed E-state index contributed by atoms with van der Waals surface area (Å²) in [7, 11) is 0. The van der Waals surface area contributed by atoms with E-state index in [2.05, 4.69) is 12.2 Å². The first kappa shape index (κ1) is 9.19. The van der Waals surface area contributed by atoms with E-state index >= 15 is 0 Å². The van der Waals surface area contributed by atoms with Gasteiger partial charge in [-0.05, 0) is 20.8 Å². The Bertz CT molecular complexity index is 144. The molecule has 2 unspecified atom stereocenters. The maximum Gasteiger partial charge on any atom is 0.0950 e. The lowest BCUT2D eigenvalue weighted by atomic mass is 10.6. The number of nitroso groups, excluding NO2 is 1. The fraction of sp³-hybridized carbons (Fsp3) is 1.00. The van der Waals surface area contributed by atoms with Gasteiger partial charge in [0.05, 0.1) is 20.6 Å². The Morgan fingerprint density at radius 1 is 1.18 bits per heavy atom. The van der Waals surface area contributed by atoms with Crippen LogP contribution >= 0.6 is 23.5 Å². The Kier molecular flexibility index (Phi) is 3.06. The van der Waals surface area contributed by atoms with Crippen LogP contribution in [0.2, 0.25) is 0 Å². The molecule has 11 heavy (non-hydrogen) atoms. The molecule has 0 radical (unpaired) electrons. The zero-order valence-corrected chi connectivity index (χ0v) is 8.48. The summed E-state index contributed by atoms with van der Waals surface area (Å²) in [6.07, 6.45) is 0. The molecule has 1 aliphatic heterocycles. The molecule has 64 valence electrons. The van der Waals surface area contributed by atoms with Gasteiger partial charge in [-0.3, -0.25) is 0 Å². The molecular weight excluding hydrogens is 180 g/mol. The number of hydrogen-bond acceptors (Lipinski definition) is 4. The topological polar surface area (TPSA) is 32.7 Å². The van der Waals surface area contributed by atoms with Gasteiger partial charge < -0.3 is 0 Å². The highest BCUT2D eigenvalue weighted by molar-refractivity contribution is 8.18. The fourth-order valence-corrected chi connectivity index (χ4v) is 4.24. The van der Waals surface area contributed by atoms with Crippen LogP contribution in [0.25, 0.3) is 0 Å². The lowest BCUT2D eigenvalue weighted by Gasteiger charge is -2.35. The van der Waals surface area contributed by atoms with E-state index in [0.717, 1.165) is 0 Å². The number of rotatable bonds is 1. The highest BCUT2D eigenvalue weighted by Crippen LogP contribution is 2.39. The lowest BCUT2D eigenvalue weighted by Crippen LogP contribution is -2.37. The minimum Gasteiger partial charge on any atom is -0.235 e. The normalized spacial score (nSPS) is 38.8. The van der Waals surface area contributed by atoms with Gasteiger partial charge >= 0.3 is 0 Å². The molecule has 2 atom stereocenters. The van der Waals surface area contributed by atoms with Crippen LogP contribution in [0.5, 0.6) is 0 Å². The van der Waals surface area contributed by atoms with Crippen LogP contribution in [-0.4, -0.2) is 20.3 Å². The molecule has 0 amide bonds. The van der Waals surface area contributed by atoms with Crippen molar-refractivity contribution in [3.8, 4) is 0 Å². The predicted molar refractivity (Wildman–Crippen MR) is 51.2 cm³/mol. The van der Waals surface area contributed by atoms with E-state index in [1.54, 1.807) is 28.5 Å². The number of nitrogens with zero attached hydrogens (tertiary/aromatic N) is 2. The number of thioether (sulfide) groups is 2. The van der Waals surface area contributed by atoms with E-state index in [-0.39, 0.29) is 10.7 Å². The van der Waals surface area contributed by atoms with Gasteiger partial charge in [-0.1, -0.05) is 0 Å². The minimum atomic E-state index is 0.221. The zero-order valence-electron chi connectivity index (χ0n) is 6.85. The van der Waals surface area contributed by atoms with Crippen LogP contribution in [0, 0.1) is 4.91 Å². The summed E-state index contributed by atoms with van der Waals surface area (Å²) in [5.74, 6) is 0. The largest absolute Gasteiger partial charge is 0.235 e. The quantitative estimate of drug-likeness (QED) is 0.597. The van der Waals surface area contributed by atoms with Gasteiger partial charge in [-0.15, -0.1) is 28.4 Å². The molecule has 1 rings (SSSR count). The second-order valence-electron chi connectivity index (χ2n) is 2.50. The molecule has 0 aromatic rings. The van der Waals surface area contributed by atoms with E-state index in [1.165, 1.54) is 0 Å². The van der Waals surface area contributed by atoms with Crippen molar-refractivity contribution >= 4 is 23.5 Å². The van der Waals surface area contributed by atoms with Crippen LogP contribution in [-0.2, 0) is 0 Å². The van der Waals surface area contributed by atoms with E-state index < -0.39 is 0 Å². The van der Waals surface area contributed by atoms with Crippen LogP contribution in [0.1, 0.15) is 20.8 Å². The van der Waals surface area contributed by atoms with Gasteiger partial charge in [-0.2, -0.15) is 0 Å². The maximum atomic E-state index is 10.3. The Morgan fingerprint density at radius 2 is 1.64 bits per heavy atom. The molecule has 0 spiro atoms. The molecule has 5 heteroatoms. The van der Waals surface area contributed by atoms with E-state index in [4.69, 9.17) is 0 Å². The molecule has 0 N–H and O–H groups in total. The van der Waals surface area contributed by atoms with Crippen molar-refractivity contribution in [3.05, 3.63) is 4.91 Å². The van der Waals surface area contributed by atoms with Crippen LogP contribution < -0.4 is 0 Å². The second-order valence-corrected chi connectivity index (χ2v) is 6.12. The highest BCUT2D eigenvalue weighted by atomic mass is 32.2. The molecule has 0 aromatic heterocycles. The van der Waals surface area contributed by atoms with Gasteiger partial charge in [0.15, 0.2) is 0 Å². The third-order valence-electron chi connectivity index (χ3n) is 1.62. The maximum absolute atomic E-state index is 10.3. The second kappa shape index (κ2) is 3.67. The van der Waals surface area contributed by atoms with Gasteiger partial charge in [-0.25, -0.2) is 5.01 Å². The third-order valence-corrected chi connectivity index (χ3v) is 4.27. The van der Waals surface area contributed by atoms with Crippen molar-refractivity contribution < 1.29 is 0 Å². The van der Waals surface area contributed by atoms with Crippen LogP contribution in [0.4, 0.5) is 0 Å². The summed E-state index contributed by atoms with van der Waals surface area (Å²) in [4.78, 5) is 10.3. The van der Waals surface area contributed by atoms with Crippen LogP contribution in [0.3, 0.4) is 0 Å². The SMILES string of the molecule is CC1SC(C)N(N=O)C(C)S1. The molecule has 0 aromatic carbocycles. The van der Waals surface area contributed by atoms with Crippen molar-refractivity contribution in [1.29, 1.82) is 0 Å². The molecule has 0 aliphatic carbocycles. The summed E-state index contributed by atoms with van der Waals surface area (Å²) in [5.41, 5.74) is 0. The molecule has 0 bridgehead atoms. The zero-order chi connectivity index (χ0) is 8.43. The Morgan fingerprint density at radius 3 is 2.00 bits per heavy atom. The van der Waals surface area contributed by atoms with Crippen molar-refractivity contribution in [3.63, 3.8) is 0 Å². The molecule has 0 saturated carbocycles. The monoisotopic (exact) mass is 192 g/mol. The summed E-state index contributed by atoms with van der Waals surface area (Å²) in [6, 6.07) is 0. The lowest BCUT2D eigenvalue weighted by molar-refractivity contribution is 0.266. The van der Waals surface area contributed by atoms with Gasteiger partial charge in [0.2, 0.25) is 0 Å². The Labute approximate surface area is 75.2 Å². The first-order valence-electron chi connectivity index (χ1n) is 3.57. The first-order chi connectivity index (χ1) is 5.15. The first-order valence-corrected chi connectivity index (χ1v) is 5.46. The standard InChI is InChI=1S/C6H12N2OS2/c1-4-8(7-9)5(2)11-6(3)10-4/h4-6H,1-3H3. The molecular formula is C6H12N2OS2. The molecule has 1 saturated heterocycles. The molecule has 3 nitrogen and oxygen atoms in total. The third kappa shape index (κ3) is 2.02. The average molecular weight is 192 g/mol. The van der Waals surface area contributed by atoms with Crippen molar-refractivity contribution in [2.45, 2.75) is 36.1 Å². The van der Waals surface area contributed by atoms with Gasteiger partial charge in [0, 0.05) is 0 Å². The van der Waals surface area contributed by atoms with Crippen molar-refractivity contribution in [2.75, 3.05) is 0 Å². The Hall–Kier alpha value is 0.1000. The average Bonchev–Trinajstić information content (AvgIpc) is 1.85. The van der Waals surface area contributed by atoms with Crippen LogP contribution in [0.15, 0.2) is 5.29 Å². The fourth-order valence-electron chi connectivity index (χ4n) is 1.14. The van der Waals surface area contributed by atoms with Crippen molar-refractivity contribution in [2.24, 2.45) is 5.29 Å². The summed E-state index contributed by atoms with van der Waals surface area (Å²) >= 11 is 3.55. The summed E-state index contributed by atoms with van der Waals surface area (Å²) < 4.78 is 0.568. The minimum absolute atomic E-state index is 0.221. The molecule has 1 fully saturated rings. The van der Waals surface area contributed by atoms with E-state index in [9.17, 15) is 4.91 Å². The number of hydrogen-bond donors (Lipinski definition) is 0. The molecule has 1 heterocycles. The Balaban J connectivity index is 2.58. The highest BCUT2D eigenvalue weighted by Gasteiger charge is 2.29. The summed E-state index contributed by atoms with van der Waals surface area (Å²) in [5, 5.41) is 5.03. The smallest absolute Gasteiger partial charge is 0.0950 e. The van der Waals surface area contributed by atoms with Crippen molar-refractivity contribution in [1.82, 2.24) is 5.01 Å². The van der Waals surface area contributed by atoms with E-state index in [1.807, 2.05) is 13.8 Å². The molecule has 1 aliphatic rings.